The standard InChI is InChI=1S/C18H38Si4/c1-19(2,3)22(20(4,5)6,21(7,8)9)17-13-16-18-14-11-10-12-15-18/h10-12,14-15H,13,16-17H2,1-9H3. The van der Waals surface area contributed by atoms with Gasteiger partial charge in [0.25, 0.3) is 0 Å². The molecule has 0 nitrogen and oxygen atoms in total. The highest BCUT2D eigenvalue weighted by Gasteiger charge is 2.60. The second-order valence-electron chi connectivity index (χ2n) is 9.99. The molecule has 0 saturated carbocycles. The average molecular weight is 367 g/mol. The Bertz CT molecular complexity index is 425. The zero-order valence-corrected chi connectivity index (χ0v) is 20.5. The number of aryl methyl sites for hydroxylation is 1. The maximum Gasteiger partial charge on any atom is 0.0374 e. The first-order valence-corrected chi connectivity index (χ1v) is 24.6. The second kappa shape index (κ2) is 6.91. The summed E-state index contributed by atoms with van der Waals surface area (Å²) < 4.78 is 0. The minimum Gasteiger partial charge on any atom is -0.0718 e. The fraction of sp³-hybridized carbons (Fsp3) is 0.667. The van der Waals surface area contributed by atoms with Crippen molar-refractivity contribution in [1.29, 1.82) is 0 Å². The van der Waals surface area contributed by atoms with Gasteiger partial charge in [-0.3, -0.25) is 0 Å². The molecule has 1 aromatic carbocycles. The average Bonchev–Trinajstić information content (AvgIpc) is 2.31. The van der Waals surface area contributed by atoms with Gasteiger partial charge in [0.15, 0.2) is 0 Å². The van der Waals surface area contributed by atoms with E-state index in [0.717, 1.165) is 0 Å². The molecule has 0 N–H and O–H groups in total. The van der Waals surface area contributed by atoms with E-state index in [2.05, 4.69) is 89.3 Å². The molecule has 0 aliphatic carbocycles. The van der Waals surface area contributed by atoms with Crippen LogP contribution in [0.5, 0.6) is 0 Å². The van der Waals surface area contributed by atoms with Crippen molar-refractivity contribution in [3.63, 3.8) is 0 Å². The van der Waals surface area contributed by atoms with Crippen molar-refractivity contribution in [1.82, 2.24) is 0 Å². The molecule has 0 aromatic heterocycles. The minimum absolute atomic E-state index is 1.08. The van der Waals surface area contributed by atoms with Crippen LogP contribution >= 0.6 is 0 Å². The third-order valence-electron chi connectivity index (χ3n) is 5.70. The number of hydrogen-bond acceptors (Lipinski definition) is 0. The molecule has 4 heteroatoms. The Hall–Kier alpha value is 0.0875. The summed E-state index contributed by atoms with van der Waals surface area (Å²) in [6.45, 7) is 23.2. The highest BCUT2D eigenvalue weighted by Crippen LogP contribution is 2.40. The minimum atomic E-state index is -1.14. The second-order valence-corrected chi connectivity index (χ2v) is 51.5. The van der Waals surface area contributed by atoms with Gasteiger partial charge >= 0.3 is 0 Å². The van der Waals surface area contributed by atoms with E-state index in [4.69, 9.17) is 0 Å². The van der Waals surface area contributed by atoms with Crippen LogP contribution in [0, 0.1) is 0 Å². The Labute approximate surface area is 143 Å². The molecule has 0 heterocycles. The van der Waals surface area contributed by atoms with Gasteiger partial charge in [0.1, 0.15) is 0 Å². The Morgan fingerprint density at radius 2 is 1.05 bits per heavy atom. The van der Waals surface area contributed by atoms with Crippen LogP contribution in [0.4, 0.5) is 0 Å². The maximum atomic E-state index is 2.71. The van der Waals surface area contributed by atoms with Crippen molar-refractivity contribution < 1.29 is 0 Å². The Balaban J connectivity index is 3.06. The molecule has 0 unspecified atom stereocenters. The number of rotatable bonds is 7. The van der Waals surface area contributed by atoms with Crippen LogP contribution < -0.4 is 0 Å². The Morgan fingerprint density at radius 1 is 0.636 bits per heavy atom. The molecule has 0 radical (unpaired) electrons. The molecule has 0 amide bonds. The van der Waals surface area contributed by atoms with E-state index >= 15 is 0 Å². The van der Waals surface area contributed by atoms with E-state index in [-0.39, 0.29) is 0 Å². The van der Waals surface area contributed by atoms with Gasteiger partial charge in [-0.25, -0.2) is 0 Å². The fourth-order valence-electron chi connectivity index (χ4n) is 5.70. The van der Waals surface area contributed by atoms with Gasteiger partial charge in [-0.05, 0) is 12.0 Å². The maximum absolute atomic E-state index is 2.71. The van der Waals surface area contributed by atoms with Crippen molar-refractivity contribution in [3.05, 3.63) is 35.9 Å². The Kier molecular flexibility index (Phi) is 6.32. The third kappa shape index (κ3) is 4.13. The molecular formula is C18H38Si4. The van der Waals surface area contributed by atoms with Crippen LogP contribution in [0.15, 0.2) is 30.3 Å². The molecule has 0 fully saturated rings. The topological polar surface area (TPSA) is 0 Å². The van der Waals surface area contributed by atoms with Gasteiger partial charge in [0.2, 0.25) is 0 Å². The van der Waals surface area contributed by atoms with Crippen LogP contribution in [0.25, 0.3) is 0 Å². The molecule has 126 valence electrons. The fourth-order valence-corrected chi connectivity index (χ4v) is 105. The summed E-state index contributed by atoms with van der Waals surface area (Å²) in [7, 11) is -3.25. The molecular weight excluding hydrogens is 329 g/mol. The molecule has 0 atom stereocenters. The zero-order valence-electron chi connectivity index (χ0n) is 16.5. The van der Waals surface area contributed by atoms with E-state index in [1.807, 2.05) is 0 Å². The first-order valence-electron chi connectivity index (χ1n) is 8.87. The third-order valence-corrected chi connectivity index (χ3v) is 80.3. The number of benzene rings is 1. The predicted octanol–water partition coefficient (Wildman–Crippen LogP) is 6.32. The van der Waals surface area contributed by atoms with Gasteiger partial charge in [-0.2, -0.15) is 0 Å². The highest BCUT2D eigenvalue weighted by molar-refractivity contribution is 7.89. The van der Waals surface area contributed by atoms with E-state index in [1.54, 1.807) is 6.04 Å². The largest absolute Gasteiger partial charge is 0.0718 e. The molecule has 0 spiro atoms. The summed E-state index contributed by atoms with van der Waals surface area (Å²) in [5.74, 6) is 0. The van der Waals surface area contributed by atoms with E-state index in [1.165, 1.54) is 18.4 Å². The normalized spacial score (nSPS) is 14.2. The predicted molar refractivity (Wildman–Crippen MR) is 115 cm³/mol. The zero-order chi connectivity index (χ0) is 17.2. The van der Waals surface area contributed by atoms with Gasteiger partial charge in [-0.1, -0.05) is 102 Å². The lowest BCUT2D eigenvalue weighted by Crippen LogP contribution is -2.82. The lowest BCUT2D eigenvalue weighted by Gasteiger charge is -2.58. The summed E-state index contributed by atoms with van der Waals surface area (Å²) in [6.07, 6.45) is 2.71. The van der Waals surface area contributed by atoms with Crippen LogP contribution in [0.2, 0.25) is 65.0 Å². The smallest absolute Gasteiger partial charge is 0.0374 e. The van der Waals surface area contributed by atoms with Crippen LogP contribution in [0.3, 0.4) is 0 Å². The summed E-state index contributed by atoms with van der Waals surface area (Å²) in [5, 5.41) is 0. The molecule has 1 aromatic rings. The van der Waals surface area contributed by atoms with Crippen molar-refractivity contribution in [3.8, 4) is 0 Å². The van der Waals surface area contributed by atoms with Crippen LogP contribution in [-0.4, -0.2) is 29.4 Å². The molecule has 22 heavy (non-hydrogen) atoms. The van der Waals surface area contributed by atoms with Crippen molar-refractivity contribution >= 4 is 29.4 Å². The van der Waals surface area contributed by atoms with E-state index in [0.29, 0.717) is 0 Å². The summed E-state index contributed by atoms with van der Waals surface area (Å²) in [4.78, 5) is 0. The van der Waals surface area contributed by atoms with E-state index in [9.17, 15) is 0 Å². The summed E-state index contributed by atoms with van der Waals surface area (Å²) >= 11 is 0. The van der Waals surface area contributed by atoms with Crippen LogP contribution in [-0.2, 0) is 6.42 Å². The van der Waals surface area contributed by atoms with Crippen molar-refractivity contribution in [2.45, 2.75) is 77.8 Å². The highest BCUT2D eigenvalue weighted by atomic mass is 29.9. The quantitative estimate of drug-likeness (QED) is 0.495. The lowest BCUT2D eigenvalue weighted by molar-refractivity contribution is 0.911. The monoisotopic (exact) mass is 366 g/mol. The SMILES string of the molecule is C[Si](C)(C)[Si](CCCc1ccccc1)([Si](C)(C)C)[Si](C)(C)C. The first-order chi connectivity index (χ1) is 9.83. The van der Waals surface area contributed by atoms with Gasteiger partial charge in [-0.15, -0.1) is 0 Å². The first kappa shape index (κ1) is 20.1. The van der Waals surface area contributed by atoms with Crippen molar-refractivity contribution in [2.24, 2.45) is 0 Å². The van der Waals surface area contributed by atoms with E-state index < -0.39 is 29.4 Å². The molecule has 1 rings (SSSR count). The van der Waals surface area contributed by atoms with Gasteiger partial charge < -0.3 is 0 Å². The van der Waals surface area contributed by atoms with Gasteiger partial charge in [0, 0.05) is 29.4 Å². The summed E-state index contributed by atoms with van der Waals surface area (Å²) in [5.41, 5.74) is 1.53. The number of hydrogen-bond donors (Lipinski definition) is 0. The lowest BCUT2D eigenvalue weighted by atomic mass is 10.1. The molecule has 0 aliphatic rings. The van der Waals surface area contributed by atoms with Gasteiger partial charge in [0.05, 0.1) is 0 Å². The van der Waals surface area contributed by atoms with Crippen molar-refractivity contribution in [2.75, 3.05) is 0 Å². The molecule has 0 aliphatic heterocycles. The molecule has 0 saturated heterocycles. The molecule has 0 bridgehead atoms. The summed E-state index contributed by atoms with van der Waals surface area (Å²) in [6, 6.07) is 12.7. The van der Waals surface area contributed by atoms with Crippen LogP contribution in [0.1, 0.15) is 12.0 Å². The Morgan fingerprint density at radius 3 is 1.41 bits per heavy atom.